The minimum atomic E-state index is -0.330. The van der Waals surface area contributed by atoms with Gasteiger partial charge in [0.2, 0.25) is 0 Å². The van der Waals surface area contributed by atoms with Gasteiger partial charge in [0, 0.05) is 4.47 Å². The van der Waals surface area contributed by atoms with Gasteiger partial charge in [-0.15, -0.1) is 0 Å². The van der Waals surface area contributed by atoms with Crippen molar-refractivity contribution in [2.24, 2.45) is 0 Å². The lowest BCUT2D eigenvalue weighted by Crippen LogP contribution is -2.17. The van der Waals surface area contributed by atoms with E-state index in [2.05, 4.69) is 52.3 Å². The third-order valence-corrected chi connectivity index (χ3v) is 3.31. The van der Waals surface area contributed by atoms with Crippen LogP contribution in [0.2, 0.25) is 0 Å². The minimum absolute atomic E-state index is 0.330. The lowest BCUT2D eigenvalue weighted by molar-refractivity contribution is 0.766. The van der Waals surface area contributed by atoms with E-state index >= 15 is 0 Å². The molecule has 0 saturated carbocycles. The van der Waals surface area contributed by atoms with E-state index in [1.54, 1.807) is 0 Å². The predicted octanol–water partition coefficient (Wildman–Crippen LogP) is 4.52. The lowest BCUT2D eigenvalue weighted by Gasteiger charge is -2.23. The van der Waals surface area contributed by atoms with Crippen LogP contribution in [0.15, 0.2) is 53.0 Å². The van der Waals surface area contributed by atoms with E-state index in [-0.39, 0.29) is 5.31 Å². The highest BCUT2D eigenvalue weighted by atomic mass is 79.9. The molecule has 2 rings (SSSR count). The molecule has 0 heterocycles. The standard InChI is InChI=1S/C15H14BBr/c1-15(2,16)14-6-4-3-5-13(14)11-7-9-12(17)10-8-11/h3-10H,1-2H3. The van der Waals surface area contributed by atoms with Gasteiger partial charge in [0.15, 0.2) is 0 Å². The maximum Gasteiger partial charge on any atom is 0.0803 e. The predicted molar refractivity (Wildman–Crippen MR) is 78.4 cm³/mol. The van der Waals surface area contributed by atoms with Gasteiger partial charge in [-0.2, -0.15) is 0 Å². The number of rotatable bonds is 2. The Morgan fingerprint density at radius 2 is 1.53 bits per heavy atom. The Morgan fingerprint density at radius 3 is 2.12 bits per heavy atom. The molecular weight excluding hydrogens is 271 g/mol. The Hall–Kier alpha value is -1.02. The highest BCUT2D eigenvalue weighted by Gasteiger charge is 2.17. The van der Waals surface area contributed by atoms with E-state index in [9.17, 15) is 0 Å². The summed E-state index contributed by atoms with van der Waals surface area (Å²) < 4.78 is 1.09. The molecule has 0 aromatic heterocycles. The molecule has 0 N–H and O–H groups in total. The molecule has 0 atom stereocenters. The quantitative estimate of drug-likeness (QED) is 0.712. The van der Waals surface area contributed by atoms with Gasteiger partial charge >= 0.3 is 0 Å². The van der Waals surface area contributed by atoms with Crippen LogP contribution in [-0.4, -0.2) is 7.85 Å². The summed E-state index contributed by atoms with van der Waals surface area (Å²) >= 11 is 3.45. The average molecular weight is 285 g/mol. The molecule has 2 radical (unpaired) electrons. The molecule has 0 saturated heterocycles. The zero-order valence-corrected chi connectivity index (χ0v) is 11.7. The molecule has 2 aromatic carbocycles. The van der Waals surface area contributed by atoms with Crippen molar-refractivity contribution in [1.82, 2.24) is 0 Å². The molecule has 0 fully saturated rings. The van der Waals surface area contributed by atoms with Crippen molar-refractivity contribution in [3.8, 4) is 11.1 Å². The topological polar surface area (TPSA) is 0 Å². The second kappa shape index (κ2) is 4.69. The number of halogens is 1. The van der Waals surface area contributed by atoms with E-state index < -0.39 is 0 Å². The van der Waals surface area contributed by atoms with Gasteiger partial charge in [0.1, 0.15) is 0 Å². The van der Waals surface area contributed by atoms with Gasteiger partial charge in [-0.1, -0.05) is 66.2 Å². The van der Waals surface area contributed by atoms with Crippen LogP contribution in [-0.2, 0) is 5.31 Å². The summed E-state index contributed by atoms with van der Waals surface area (Å²) in [5.41, 5.74) is 3.57. The second-order valence-corrected chi connectivity index (χ2v) is 5.69. The van der Waals surface area contributed by atoms with Crippen LogP contribution in [0.3, 0.4) is 0 Å². The maximum atomic E-state index is 6.22. The minimum Gasteiger partial charge on any atom is -0.0639 e. The average Bonchev–Trinajstić information content (AvgIpc) is 2.29. The third-order valence-electron chi connectivity index (χ3n) is 2.78. The Kier molecular flexibility index (Phi) is 3.44. The smallest absolute Gasteiger partial charge is 0.0639 e. The molecule has 2 heteroatoms. The van der Waals surface area contributed by atoms with Crippen molar-refractivity contribution >= 4 is 23.8 Å². The highest BCUT2D eigenvalue weighted by molar-refractivity contribution is 9.10. The molecule has 0 spiro atoms. The second-order valence-electron chi connectivity index (χ2n) is 4.77. The molecule has 0 aliphatic heterocycles. The van der Waals surface area contributed by atoms with E-state index in [1.807, 2.05) is 26.0 Å². The number of hydrogen-bond acceptors (Lipinski definition) is 0. The van der Waals surface area contributed by atoms with Gasteiger partial charge in [-0.05, 0) is 34.1 Å². The van der Waals surface area contributed by atoms with E-state index in [0.717, 1.165) is 4.47 Å². The molecule has 0 amide bonds. The fraction of sp³-hybridized carbons (Fsp3) is 0.200. The fourth-order valence-corrected chi connectivity index (χ4v) is 2.19. The Balaban J connectivity index is 2.56. The van der Waals surface area contributed by atoms with E-state index in [1.165, 1.54) is 16.7 Å². The Bertz CT molecular complexity index is 509. The molecule has 0 unspecified atom stereocenters. The lowest BCUT2D eigenvalue weighted by atomic mass is 9.65. The van der Waals surface area contributed by atoms with Crippen LogP contribution in [0.1, 0.15) is 19.4 Å². The molecular formula is C15H14BBr. The van der Waals surface area contributed by atoms with E-state index in [4.69, 9.17) is 7.85 Å². The number of benzene rings is 2. The van der Waals surface area contributed by atoms with Crippen molar-refractivity contribution in [2.45, 2.75) is 19.2 Å². The first-order valence-corrected chi connectivity index (χ1v) is 6.42. The maximum absolute atomic E-state index is 6.22. The summed E-state index contributed by atoms with van der Waals surface area (Å²) in [5.74, 6) is 0. The van der Waals surface area contributed by atoms with Gasteiger partial charge in [-0.3, -0.25) is 0 Å². The van der Waals surface area contributed by atoms with Crippen LogP contribution in [0.4, 0.5) is 0 Å². The van der Waals surface area contributed by atoms with Gasteiger partial charge in [-0.25, -0.2) is 0 Å². The van der Waals surface area contributed by atoms with Crippen molar-refractivity contribution < 1.29 is 0 Å². The first-order chi connectivity index (χ1) is 7.98. The summed E-state index contributed by atoms with van der Waals surface area (Å²) in [6.07, 6.45) is 0. The van der Waals surface area contributed by atoms with E-state index in [0.29, 0.717) is 0 Å². The van der Waals surface area contributed by atoms with Gasteiger partial charge < -0.3 is 0 Å². The van der Waals surface area contributed by atoms with Crippen LogP contribution in [0, 0.1) is 0 Å². The van der Waals surface area contributed by atoms with Crippen molar-refractivity contribution in [3.63, 3.8) is 0 Å². The molecule has 0 aliphatic carbocycles. The van der Waals surface area contributed by atoms with Crippen LogP contribution < -0.4 is 0 Å². The van der Waals surface area contributed by atoms with Gasteiger partial charge in [0.25, 0.3) is 0 Å². The molecule has 0 nitrogen and oxygen atoms in total. The summed E-state index contributed by atoms with van der Waals surface area (Å²) in [4.78, 5) is 0. The summed E-state index contributed by atoms with van der Waals surface area (Å²) in [5, 5.41) is -0.330. The fourth-order valence-electron chi connectivity index (χ4n) is 1.93. The summed E-state index contributed by atoms with van der Waals surface area (Å²) in [6, 6.07) is 16.6. The molecule has 0 bridgehead atoms. The normalized spacial score (nSPS) is 11.5. The highest BCUT2D eigenvalue weighted by Crippen LogP contribution is 2.31. The summed E-state index contributed by atoms with van der Waals surface area (Å²) in [6.45, 7) is 4.06. The van der Waals surface area contributed by atoms with Crippen molar-refractivity contribution in [2.75, 3.05) is 0 Å². The third kappa shape index (κ3) is 2.81. The monoisotopic (exact) mass is 284 g/mol. The van der Waals surface area contributed by atoms with Gasteiger partial charge in [0.05, 0.1) is 7.85 Å². The van der Waals surface area contributed by atoms with Crippen molar-refractivity contribution in [3.05, 3.63) is 58.6 Å². The molecule has 0 aliphatic rings. The van der Waals surface area contributed by atoms with Crippen molar-refractivity contribution in [1.29, 1.82) is 0 Å². The largest absolute Gasteiger partial charge is 0.0803 e. The Morgan fingerprint density at radius 1 is 0.941 bits per heavy atom. The molecule has 84 valence electrons. The van der Waals surface area contributed by atoms with Crippen LogP contribution >= 0.6 is 15.9 Å². The number of hydrogen-bond donors (Lipinski definition) is 0. The first-order valence-electron chi connectivity index (χ1n) is 5.63. The SMILES string of the molecule is [B]C(C)(C)c1ccccc1-c1ccc(Br)cc1. The first kappa shape index (κ1) is 12.4. The molecule has 17 heavy (non-hydrogen) atoms. The molecule has 2 aromatic rings. The Labute approximate surface area is 113 Å². The zero-order valence-electron chi connectivity index (χ0n) is 10.1. The van der Waals surface area contributed by atoms with Crippen LogP contribution in [0.25, 0.3) is 11.1 Å². The zero-order chi connectivity index (χ0) is 12.5. The summed E-state index contributed by atoms with van der Waals surface area (Å²) in [7, 11) is 6.22. The van der Waals surface area contributed by atoms with Crippen LogP contribution in [0.5, 0.6) is 0 Å².